The standard InChI is InChI=1S/C12H18N4O2/c13-12(18)10-5-6-11(15-14-10)16(7-2-8-17)9-3-1-4-9/h5-6,9,17H,1-4,7-8H2,(H2,13,18). The van der Waals surface area contributed by atoms with Crippen molar-refractivity contribution in [2.75, 3.05) is 18.1 Å². The molecule has 98 valence electrons. The first-order valence-electron chi connectivity index (χ1n) is 6.23. The Morgan fingerprint density at radius 1 is 1.44 bits per heavy atom. The number of carbonyl (C=O) groups is 1. The van der Waals surface area contributed by atoms with Crippen LogP contribution in [0.2, 0.25) is 0 Å². The molecule has 1 aromatic heterocycles. The van der Waals surface area contributed by atoms with Crippen molar-refractivity contribution in [3.05, 3.63) is 17.8 Å². The number of rotatable bonds is 6. The van der Waals surface area contributed by atoms with Gasteiger partial charge in [0.25, 0.3) is 5.91 Å². The fraction of sp³-hybridized carbons (Fsp3) is 0.583. The molecule has 1 aliphatic carbocycles. The molecule has 2 rings (SSSR count). The van der Waals surface area contributed by atoms with Gasteiger partial charge in [0.05, 0.1) is 0 Å². The van der Waals surface area contributed by atoms with Crippen LogP contribution in [0.5, 0.6) is 0 Å². The molecule has 6 heteroatoms. The SMILES string of the molecule is NC(=O)c1ccc(N(CCCO)C2CCC2)nn1. The van der Waals surface area contributed by atoms with Gasteiger partial charge in [-0.15, -0.1) is 10.2 Å². The molecule has 1 heterocycles. The Labute approximate surface area is 106 Å². The molecule has 0 spiro atoms. The number of amides is 1. The molecule has 1 aromatic rings. The van der Waals surface area contributed by atoms with Gasteiger partial charge in [-0.25, -0.2) is 0 Å². The highest BCUT2D eigenvalue weighted by Gasteiger charge is 2.25. The Balaban J connectivity index is 2.11. The van der Waals surface area contributed by atoms with Gasteiger partial charge in [-0.2, -0.15) is 0 Å². The molecule has 3 N–H and O–H groups in total. The van der Waals surface area contributed by atoms with Crippen LogP contribution in [-0.2, 0) is 0 Å². The molecular formula is C12H18N4O2. The van der Waals surface area contributed by atoms with E-state index in [-0.39, 0.29) is 12.3 Å². The molecule has 0 aliphatic heterocycles. The number of carbonyl (C=O) groups excluding carboxylic acids is 1. The van der Waals surface area contributed by atoms with Gasteiger partial charge >= 0.3 is 0 Å². The average molecular weight is 250 g/mol. The summed E-state index contributed by atoms with van der Waals surface area (Å²) in [5.41, 5.74) is 5.30. The highest BCUT2D eigenvalue weighted by Crippen LogP contribution is 2.28. The Kier molecular flexibility index (Phi) is 4.09. The summed E-state index contributed by atoms with van der Waals surface area (Å²) in [5, 5.41) is 16.8. The highest BCUT2D eigenvalue weighted by molar-refractivity contribution is 5.90. The van der Waals surface area contributed by atoms with E-state index in [1.54, 1.807) is 12.1 Å². The molecule has 0 radical (unpaired) electrons. The van der Waals surface area contributed by atoms with E-state index in [0.717, 1.165) is 25.2 Å². The Morgan fingerprint density at radius 3 is 2.67 bits per heavy atom. The van der Waals surface area contributed by atoms with Gasteiger partial charge in [0.1, 0.15) is 0 Å². The van der Waals surface area contributed by atoms with E-state index >= 15 is 0 Å². The third-order valence-electron chi connectivity index (χ3n) is 3.27. The van der Waals surface area contributed by atoms with E-state index in [1.165, 1.54) is 6.42 Å². The second-order valence-corrected chi connectivity index (χ2v) is 4.50. The summed E-state index contributed by atoms with van der Waals surface area (Å²) < 4.78 is 0. The van der Waals surface area contributed by atoms with Gasteiger partial charge in [-0.05, 0) is 37.8 Å². The van der Waals surface area contributed by atoms with Crippen LogP contribution in [0.3, 0.4) is 0 Å². The maximum Gasteiger partial charge on any atom is 0.269 e. The van der Waals surface area contributed by atoms with E-state index in [0.29, 0.717) is 12.5 Å². The van der Waals surface area contributed by atoms with Crippen LogP contribution in [0.15, 0.2) is 12.1 Å². The Bertz CT molecular complexity index is 403. The summed E-state index contributed by atoms with van der Waals surface area (Å²) in [4.78, 5) is 13.1. The van der Waals surface area contributed by atoms with Gasteiger partial charge in [-0.3, -0.25) is 4.79 Å². The Hall–Kier alpha value is -1.69. The van der Waals surface area contributed by atoms with Crippen LogP contribution in [0.4, 0.5) is 5.82 Å². The summed E-state index contributed by atoms with van der Waals surface area (Å²) >= 11 is 0. The normalized spacial score (nSPS) is 15.2. The lowest BCUT2D eigenvalue weighted by molar-refractivity contribution is 0.0994. The van der Waals surface area contributed by atoms with Crippen molar-refractivity contribution < 1.29 is 9.90 Å². The molecule has 6 nitrogen and oxygen atoms in total. The van der Waals surface area contributed by atoms with Crippen LogP contribution in [0.1, 0.15) is 36.2 Å². The number of aliphatic hydroxyl groups is 1. The quantitative estimate of drug-likeness (QED) is 0.758. The number of anilines is 1. The predicted molar refractivity (Wildman–Crippen MR) is 67.2 cm³/mol. The maximum absolute atomic E-state index is 10.9. The van der Waals surface area contributed by atoms with E-state index in [1.807, 2.05) is 0 Å². The van der Waals surface area contributed by atoms with Crippen molar-refractivity contribution >= 4 is 11.7 Å². The number of aromatic nitrogens is 2. The lowest BCUT2D eigenvalue weighted by atomic mass is 9.91. The molecule has 0 aromatic carbocycles. The first-order valence-corrected chi connectivity index (χ1v) is 6.23. The number of aliphatic hydroxyl groups excluding tert-OH is 1. The van der Waals surface area contributed by atoms with Crippen molar-refractivity contribution in [2.24, 2.45) is 5.73 Å². The summed E-state index contributed by atoms with van der Waals surface area (Å²) in [6.45, 7) is 0.918. The minimum absolute atomic E-state index is 0.163. The molecule has 0 atom stereocenters. The summed E-state index contributed by atoms with van der Waals surface area (Å²) in [7, 11) is 0. The second kappa shape index (κ2) is 5.77. The first kappa shape index (κ1) is 12.8. The molecule has 0 unspecified atom stereocenters. The van der Waals surface area contributed by atoms with Gasteiger partial charge < -0.3 is 15.7 Å². The zero-order valence-electron chi connectivity index (χ0n) is 10.2. The van der Waals surface area contributed by atoms with Crippen molar-refractivity contribution in [1.29, 1.82) is 0 Å². The van der Waals surface area contributed by atoms with Gasteiger partial charge in [0, 0.05) is 19.2 Å². The summed E-state index contributed by atoms with van der Waals surface area (Å²) in [5.74, 6) is 0.178. The number of hydrogen-bond acceptors (Lipinski definition) is 5. The van der Waals surface area contributed by atoms with Crippen LogP contribution in [0, 0.1) is 0 Å². The van der Waals surface area contributed by atoms with Crippen LogP contribution in [0.25, 0.3) is 0 Å². The van der Waals surface area contributed by atoms with Crippen molar-refractivity contribution in [2.45, 2.75) is 31.7 Å². The predicted octanol–water partition coefficient (Wildman–Crippen LogP) is 0.317. The zero-order chi connectivity index (χ0) is 13.0. The molecule has 1 amide bonds. The van der Waals surface area contributed by atoms with Crippen molar-refractivity contribution in [3.8, 4) is 0 Å². The number of primary amides is 1. The molecule has 1 saturated carbocycles. The third kappa shape index (κ3) is 2.76. The lowest BCUT2D eigenvalue weighted by Gasteiger charge is -2.38. The molecule has 0 saturated heterocycles. The maximum atomic E-state index is 10.9. The van der Waals surface area contributed by atoms with E-state index < -0.39 is 5.91 Å². The Morgan fingerprint density at radius 2 is 2.22 bits per heavy atom. The van der Waals surface area contributed by atoms with E-state index in [4.69, 9.17) is 10.8 Å². The zero-order valence-corrected chi connectivity index (χ0v) is 10.2. The summed E-state index contributed by atoms with van der Waals surface area (Å²) in [6, 6.07) is 3.84. The second-order valence-electron chi connectivity index (χ2n) is 4.50. The molecule has 1 aliphatic rings. The highest BCUT2D eigenvalue weighted by atomic mass is 16.3. The molecular weight excluding hydrogens is 232 g/mol. The van der Waals surface area contributed by atoms with E-state index in [2.05, 4.69) is 15.1 Å². The van der Waals surface area contributed by atoms with Crippen LogP contribution in [-0.4, -0.2) is 40.4 Å². The number of hydrogen-bond donors (Lipinski definition) is 2. The summed E-state index contributed by atoms with van der Waals surface area (Å²) in [6.07, 6.45) is 4.22. The van der Waals surface area contributed by atoms with Gasteiger partial charge in [0.2, 0.25) is 0 Å². The van der Waals surface area contributed by atoms with E-state index in [9.17, 15) is 4.79 Å². The van der Waals surface area contributed by atoms with Crippen LogP contribution >= 0.6 is 0 Å². The third-order valence-corrected chi connectivity index (χ3v) is 3.27. The minimum Gasteiger partial charge on any atom is -0.396 e. The molecule has 18 heavy (non-hydrogen) atoms. The minimum atomic E-state index is -0.570. The average Bonchev–Trinajstić information content (AvgIpc) is 2.32. The van der Waals surface area contributed by atoms with Crippen molar-refractivity contribution in [1.82, 2.24) is 10.2 Å². The largest absolute Gasteiger partial charge is 0.396 e. The van der Waals surface area contributed by atoms with Crippen molar-refractivity contribution in [3.63, 3.8) is 0 Å². The first-order chi connectivity index (χ1) is 8.72. The van der Waals surface area contributed by atoms with Gasteiger partial charge in [0.15, 0.2) is 11.5 Å². The fourth-order valence-corrected chi connectivity index (χ4v) is 2.03. The molecule has 1 fully saturated rings. The molecule has 0 bridgehead atoms. The van der Waals surface area contributed by atoms with Crippen LogP contribution < -0.4 is 10.6 Å². The monoisotopic (exact) mass is 250 g/mol. The number of nitrogens with two attached hydrogens (primary N) is 1. The topological polar surface area (TPSA) is 92.3 Å². The fourth-order valence-electron chi connectivity index (χ4n) is 2.03. The smallest absolute Gasteiger partial charge is 0.269 e. The van der Waals surface area contributed by atoms with Gasteiger partial charge in [-0.1, -0.05) is 0 Å². The lowest BCUT2D eigenvalue weighted by Crippen LogP contribution is -2.41. The number of nitrogens with zero attached hydrogens (tertiary/aromatic N) is 3.